The largest absolute Gasteiger partial charge is 0.135 e. The second-order valence-electron chi connectivity index (χ2n) is 10.8. The van der Waals surface area contributed by atoms with E-state index in [1.165, 1.54) is 84.5 Å². The first-order valence-corrected chi connectivity index (χ1v) is 15.9. The third kappa shape index (κ3) is 3.53. The zero-order valence-corrected chi connectivity index (χ0v) is 24.3. The maximum atomic E-state index is 2.46. The molecular formula is C40H24S2. The van der Waals surface area contributed by atoms with Gasteiger partial charge in [-0.05, 0) is 62.0 Å². The molecule has 0 aliphatic rings. The topological polar surface area (TPSA) is 0 Å². The molecule has 0 aliphatic heterocycles. The maximum absolute atomic E-state index is 2.46. The Balaban J connectivity index is 1.48. The van der Waals surface area contributed by atoms with Gasteiger partial charge in [-0.3, -0.25) is 0 Å². The van der Waals surface area contributed by atoms with Gasteiger partial charge >= 0.3 is 0 Å². The molecule has 0 radical (unpaired) electrons. The third-order valence-electron chi connectivity index (χ3n) is 8.47. The third-order valence-corrected chi connectivity index (χ3v) is 10.8. The van der Waals surface area contributed by atoms with Gasteiger partial charge in [-0.25, -0.2) is 0 Å². The molecule has 0 saturated heterocycles. The van der Waals surface area contributed by atoms with Gasteiger partial charge in [0.15, 0.2) is 0 Å². The Morgan fingerprint density at radius 1 is 0.286 bits per heavy atom. The molecule has 2 heterocycles. The lowest BCUT2D eigenvalue weighted by molar-refractivity contribution is 1.66. The van der Waals surface area contributed by atoms with Crippen molar-refractivity contribution in [3.05, 3.63) is 146 Å². The lowest BCUT2D eigenvalue weighted by Gasteiger charge is -2.18. The van der Waals surface area contributed by atoms with Crippen LogP contribution in [0.1, 0.15) is 0 Å². The summed E-state index contributed by atoms with van der Waals surface area (Å²) < 4.78 is 4.02. The maximum Gasteiger partial charge on any atom is 0.0434 e. The van der Waals surface area contributed by atoms with Crippen LogP contribution in [0.15, 0.2) is 146 Å². The molecule has 0 spiro atoms. The van der Waals surface area contributed by atoms with Crippen LogP contribution in [0.2, 0.25) is 0 Å². The van der Waals surface area contributed by atoms with Crippen LogP contribution >= 0.6 is 22.7 Å². The molecule has 196 valence electrons. The van der Waals surface area contributed by atoms with Crippen LogP contribution in [-0.2, 0) is 0 Å². The van der Waals surface area contributed by atoms with Crippen molar-refractivity contribution in [1.82, 2.24) is 0 Å². The second kappa shape index (κ2) is 9.39. The van der Waals surface area contributed by atoms with Gasteiger partial charge in [-0.15, -0.1) is 22.7 Å². The molecule has 0 saturated carbocycles. The summed E-state index contributed by atoms with van der Waals surface area (Å²) in [5, 5.41) is 9.20. The highest BCUT2D eigenvalue weighted by molar-refractivity contribution is 7.26. The SMILES string of the molecule is c1ccc(-c2sc3cc4c(cc3c2-c2c3ccccc3c(-c3ccccc3)c3ccccc23)sc2ccccc24)cc1. The molecule has 2 aromatic heterocycles. The summed E-state index contributed by atoms with van der Waals surface area (Å²) in [4.78, 5) is 1.33. The summed E-state index contributed by atoms with van der Waals surface area (Å²) in [6.45, 7) is 0. The molecule has 0 N–H and O–H groups in total. The molecule has 9 aromatic rings. The van der Waals surface area contributed by atoms with Crippen molar-refractivity contribution in [1.29, 1.82) is 0 Å². The first-order valence-electron chi connectivity index (χ1n) is 14.3. The predicted octanol–water partition coefficient (Wildman–Crippen LogP) is 12.6. The molecule has 0 fully saturated rings. The number of rotatable bonds is 3. The normalized spacial score (nSPS) is 11.8. The average molecular weight is 569 g/mol. The minimum atomic E-state index is 1.25. The van der Waals surface area contributed by atoms with Crippen molar-refractivity contribution in [3.8, 4) is 32.7 Å². The highest BCUT2D eigenvalue weighted by atomic mass is 32.1. The van der Waals surface area contributed by atoms with Crippen molar-refractivity contribution in [2.75, 3.05) is 0 Å². The predicted molar refractivity (Wildman–Crippen MR) is 186 cm³/mol. The van der Waals surface area contributed by atoms with Crippen LogP contribution in [0.4, 0.5) is 0 Å². The van der Waals surface area contributed by atoms with Crippen LogP contribution in [0.25, 0.3) is 84.5 Å². The molecule has 0 unspecified atom stereocenters. The van der Waals surface area contributed by atoms with Gasteiger partial charge in [0, 0.05) is 40.7 Å². The van der Waals surface area contributed by atoms with Crippen molar-refractivity contribution < 1.29 is 0 Å². The molecule has 0 aliphatic carbocycles. The van der Waals surface area contributed by atoms with Gasteiger partial charge in [-0.1, -0.05) is 127 Å². The van der Waals surface area contributed by atoms with E-state index < -0.39 is 0 Å². The van der Waals surface area contributed by atoms with Crippen LogP contribution in [0, 0.1) is 0 Å². The van der Waals surface area contributed by atoms with Gasteiger partial charge < -0.3 is 0 Å². The number of hydrogen-bond acceptors (Lipinski definition) is 2. The van der Waals surface area contributed by atoms with E-state index in [2.05, 4.69) is 146 Å². The molecule has 0 amide bonds. The lowest BCUT2D eigenvalue weighted by atomic mass is 9.84. The Morgan fingerprint density at radius 3 is 1.40 bits per heavy atom. The monoisotopic (exact) mass is 568 g/mol. The van der Waals surface area contributed by atoms with E-state index in [0.717, 1.165) is 0 Å². The summed E-state index contributed by atoms with van der Waals surface area (Å²) in [6.07, 6.45) is 0. The summed E-state index contributed by atoms with van der Waals surface area (Å²) in [7, 11) is 0. The summed E-state index contributed by atoms with van der Waals surface area (Å²) in [5.74, 6) is 0. The molecule has 9 rings (SSSR count). The summed E-state index contributed by atoms with van der Waals surface area (Å²) >= 11 is 3.82. The van der Waals surface area contributed by atoms with E-state index in [1.807, 2.05) is 22.7 Å². The van der Waals surface area contributed by atoms with Crippen molar-refractivity contribution in [2.45, 2.75) is 0 Å². The Labute approximate surface area is 251 Å². The van der Waals surface area contributed by atoms with Crippen molar-refractivity contribution in [2.24, 2.45) is 0 Å². The highest BCUT2D eigenvalue weighted by Crippen LogP contribution is 2.52. The quantitative estimate of drug-likeness (QED) is 0.186. The second-order valence-corrected chi connectivity index (χ2v) is 13.0. The van der Waals surface area contributed by atoms with Gasteiger partial charge in [0.25, 0.3) is 0 Å². The van der Waals surface area contributed by atoms with E-state index in [4.69, 9.17) is 0 Å². The Morgan fingerprint density at radius 2 is 0.762 bits per heavy atom. The van der Waals surface area contributed by atoms with Gasteiger partial charge in [-0.2, -0.15) is 0 Å². The van der Waals surface area contributed by atoms with Gasteiger partial charge in [0.05, 0.1) is 0 Å². The van der Waals surface area contributed by atoms with Crippen LogP contribution in [0.3, 0.4) is 0 Å². The zero-order valence-electron chi connectivity index (χ0n) is 22.7. The Bertz CT molecular complexity index is 2390. The Hall–Kier alpha value is -4.76. The molecule has 0 atom stereocenters. The minimum absolute atomic E-state index is 1.25. The zero-order chi connectivity index (χ0) is 27.6. The average Bonchev–Trinajstić information content (AvgIpc) is 3.61. The fourth-order valence-corrected chi connectivity index (χ4v) is 9.03. The smallest absolute Gasteiger partial charge is 0.0434 e. The van der Waals surface area contributed by atoms with E-state index in [0.29, 0.717) is 0 Å². The van der Waals surface area contributed by atoms with Crippen LogP contribution in [0.5, 0.6) is 0 Å². The molecule has 0 nitrogen and oxygen atoms in total. The van der Waals surface area contributed by atoms with E-state index in [9.17, 15) is 0 Å². The minimum Gasteiger partial charge on any atom is -0.135 e. The van der Waals surface area contributed by atoms with Crippen LogP contribution < -0.4 is 0 Å². The Kier molecular flexibility index (Phi) is 5.34. The molecular weight excluding hydrogens is 545 g/mol. The van der Waals surface area contributed by atoms with Gasteiger partial charge in [0.2, 0.25) is 0 Å². The van der Waals surface area contributed by atoms with Crippen molar-refractivity contribution in [3.63, 3.8) is 0 Å². The first kappa shape index (κ1) is 23.9. The van der Waals surface area contributed by atoms with E-state index >= 15 is 0 Å². The highest BCUT2D eigenvalue weighted by Gasteiger charge is 2.23. The number of benzene rings is 7. The van der Waals surface area contributed by atoms with Crippen LogP contribution in [-0.4, -0.2) is 0 Å². The lowest BCUT2D eigenvalue weighted by Crippen LogP contribution is -1.91. The molecule has 0 bridgehead atoms. The molecule has 42 heavy (non-hydrogen) atoms. The fraction of sp³-hybridized carbons (Fsp3) is 0. The van der Waals surface area contributed by atoms with E-state index in [1.54, 1.807) is 0 Å². The standard InChI is InChI=1S/C40H24S2/c1-3-13-25(14-4-1)37-28-18-7-9-20-30(28)38(31-21-10-8-19-29(31)37)39-33-24-35-32(27-17-11-12-22-34(27)41-35)23-36(33)42-40(39)26-15-5-2-6-16-26/h1-24H. The summed E-state index contributed by atoms with van der Waals surface area (Å²) in [6, 6.07) is 53.5. The number of thiophene rings is 2. The molecule has 7 aromatic carbocycles. The molecule has 2 heteroatoms. The van der Waals surface area contributed by atoms with Crippen molar-refractivity contribution >= 4 is 74.5 Å². The van der Waals surface area contributed by atoms with E-state index in [-0.39, 0.29) is 0 Å². The fourth-order valence-electron chi connectivity index (χ4n) is 6.67. The summed E-state index contributed by atoms with van der Waals surface area (Å²) in [5.41, 5.74) is 6.49. The first-order chi connectivity index (χ1) is 20.8. The number of hydrogen-bond donors (Lipinski definition) is 0. The van der Waals surface area contributed by atoms with Gasteiger partial charge in [0.1, 0.15) is 0 Å². The number of fused-ring (bicyclic) bond motifs is 6.